The molecule has 3 nitrogen and oxygen atoms in total. The standard InChI is InChI=1S/C5H4Cl2O3/c1-10-5(9)4(7)3(6)2-8/h2H,1H3/b4-3+. The van der Waals surface area contributed by atoms with Crippen molar-refractivity contribution in [3.05, 3.63) is 10.1 Å². The minimum absolute atomic E-state index is 0.265. The van der Waals surface area contributed by atoms with E-state index in [1.807, 2.05) is 0 Å². The zero-order valence-electron chi connectivity index (χ0n) is 5.06. The van der Waals surface area contributed by atoms with Crippen LogP contribution in [0.4, 0.5) is 0 Å². The highest BCUT2D eigenvalue weighted by Gasteiger charge is 2.10. The van der Waals surface area contributed by atoms with Gasteiger partial charge in [0, 0.05) is 0 Å². The summed E-state index contributed by atoms with van der Waals surface area (Å²) < 4.78 is 4.16. The van der Waals surface area contributed by atoms with Crippen molar-refractivity contribution in [1.29, 1.82) is 0 Å². The molecule has 0 radical (unpaired) electrons. The molecule has 56 valence electrons. The average Bonchev–Trinajstić information content (AvgIpc) is 2.00. The summed E-state index contributed by atoms with van der Waals surface area (Å²) in [6, 6.07) is 0. The predicted octanol–water partition coefficient (Wildman–Crippen LogP) is 1.05. The number of methoxy groups -OCH3 is 1. The molecular formula is C5H4Cl2O3. The Hall–Kier alpha value is -0.540. The van der Waals surface area contributed by atoms with Gasteiger partial charge in [0.1, 0.15) is 10.1 Å². The van der Waals surface area contributed by atoms with Gasteiger partial charge < -0.3 is 4.74 Å². The number of aldehydes is 1. The van der Waals surface area contributed by atoms with Crippen molar-refractivity contribution < 1.29 is 14.3 Å². The number of halogens is 2. The van der Waals surface area contributed by atoms with Gasteiger partial charge in [-0.2, -0.15) is 0 Å². The van der Waals surface area contributed by atoms with Gasteiger partial charge in [0.05, 0.1) is 7.11 Å². The third kappa shape index (κ3) is 2.37. The Morgan fingerprint density at radius 1 is 1.50 bits per heavy atom. The van der Waals surface area contributed by atoms with E-state index in [1.165, 1.54) is 0 Å². The first-order chi connectivity index (χ1) is 4.63. The molecule has 5 heteroatoms. The molecule has 0 aromatic heterocycles. The zero-order chi connectivity index (χ0) is 8.15. The smallest absolute Gasteiger partial charge is 0.351 e. The number of esters is 1. The van der Waals surface area contributed by atoms with Crippen LogP contribution in [0.25, 0.3) is 0 Å². The van der Waals surface area contributed by atoms with E-state index in [9.17, 15) is 9.59 Å². The van der Waals surface area contributed by atoms with Crippen LogP contribution in [0.15, 0.2) is 10.1 Å². The van der Waals surface area contributed by atoms with Crippen LogP contribution in [0.3, 0.4) is 0 Å². The van der Waals surface area contributed by atoms with E-state index in [0.717, 1.165) is 7.11 Å². The molecule has 0 bridgehead atoms. The molecule has 0 heterocycles. The lowest BCUT2D eigenvalue weighted by molar-refractivity contribution is -0.135. The van der Waals surface area contributed by atoms with Gasteiger partial charge in [-0.3, -0.25) is 4.79 Å². The molecule has 0 rings (SSSR count). The maximum absolute atomic E-state index is 10.5. The van der Waals surface area contributed by atoms with Crippen molar-refractivity contribution >= 4 is 35.5 Å². The van der Waals surface area contributed by atoms with Gasteiger partial charge in [0.25, 0.3) is 0 Å². The Labute approximate surface area is 67.6 Å². The van der Waals surface area contributed by atoms with Crippen LogP contribution in [-0.4, -0.2) is 19.4 Å². The topological polar surface area (TPSA) is 43.4 Å². The molecule has 0 aliphatic rings. The monoisotopic (exact) mass is 182 g/mol. The molecule has 10 heavy (non-hydrogen) atoms. The summed E-state index contributed by atoms with van der Waals surface area (Å²) in [7, 11) is 1.14. The normalized spacial score (nSPS) is 11.9. The second kappa shape index (κ2) is 4.30. The van der Waals surface area contributed by atoms with Crippen LogP contribution in [-0.2, 0) is 14.3 Å². The number of ether oxygens (including phenoxy) is 1. The molecule has 0 aliphatic carbocycles. The van der Waals surface area contributed by atoms with Crippen molar-refractivity contribution in [2.45, 2.75) is 0 Å². The summed E-state index contributed by atoms with van der Waals surface area (Å²) in [4.78, 5) is 20.3. The molecule has 0 aromatic rings. The van der Waals surface area contributed by atoms with E-state index in [2.05, 4.69) is 4.74 Å². The second-order valence-electron chi connectivity index (χ2n) is 1.27. The molecule has 0 fully saturated rings. The SMILES string of the molecule is COC(=O)/C(Cl)=C(\Cl)C=O. The maximum Gasteiger partial charge on any atom is 0.351 e. The third-order valence-corrected chi connectivity index (χ3v) is 1.41. The van der Waals surface area contributed by atoms with E-state index in [1.54, 1.807) is 0 Å². The molecule has 0 atom stereocenters. The van der Waals surface area contributed by atoms with Crippen molar-refractivity contribution in [2.75, 3.05) is 7.11 Å². The number of hydrogen-bond acceptors (Lipinski definition) is 3. The van der Waals surface area contributed by atoms with E-state index in [4.69, 9.17) is 23.2 Å². The Kier molecular flexibility index (Phi) is 4.07. The first-order valence-electron chi connectivity index (χ1n) is 2.22. The van der Waals surface area contributed by atoms with Gasteiger partial charge in [0.15, 0.2) is 6.29 Å². The van der Waals surface area contributed by atoms with Gasteiger partial charge in [-0.1, -0.05) is 23.2 Å². The van der Waals surface area contributed by atoms with E-state index in [0.29, 0.717) is 0 Å². The minimum atomic E-state index is -0.821. The van der Waals surface area contributed by atoms with Gasteiger partial charge in [-0.05, 0) is 0 Å². The second-order valence-corrected chi connectivity index (χ2v) is 2.06. The average molecular weight is 183 g/mol. The number of carbonyl (C=O) groups excluding carboxylic acids is 2. The van der Waals surface area contributed by atoms with Crippen LogP contribution in [0.5, 0.6) is 0 Å². The molecule has 0 aromatic carbocycles. The zero-order valence-corrected chi connectivity index (χ0v) is 6.57. The van der Waals surface area contributed by atoms with Gasteiger partial charge in [-0.25, -0.2) is 4.79 Å². The Morgan fingerprint density at radius 2 is 2.00 bits per heavy atom. The highest BCUT2D eigenvalue weighted by Crippen LogP contribution is 2.12. The summed E-state index contributed by atoms with van der Waals surface area (Å²) in [5.41, 5.74) is 0. The van der Waals surface area contributed by atoms with Gasteiger partial charge >= 0.3 is 5.97 Å². The molecule has 0 saturated carbocycles. The molecular weight excluding hydrogens is 179 g/mol. The summed E-state index contributed by atoms with van der Waals surface area (Å²) in [6.45, 7) is 0. The largest absolute Gasteiger partial charge is 0.465 e. The van der Waals surface area contributed by atoms with Gasteiger partial charge in [-0.15, -0.1) is 0 Å². The van der Waals surface area contributed by atoms with Crippen LogP contribution in [0, 0.1) is 0 Å². The number of rotatable bonds is 2. The quantitative estimate of drug-likeness (QED) is 0.365. The van der Waals surface area contributed by atoms with Crippen molar-refractivity contribution in [3.63, 3.8) is 0 Å². The molecule has 0 unspecified atom stereocenters. The van der Waals surface area contributed by atoms with E-state index >= 15 is 0 Å². The summed E-state index contributed by atoms with van der Waals surface area (Å²) in [5.74, 6) is -0.821. The van der Waals surface area contributed by atoms with Crippen LogP contribution in [0.1, 0.15) is 0 Å². The van der Waals surface area contributed by atoms with Crippen LogP contribution < -0.4 is 0 Å². The maximum atomic E-state index is 10.5. The van der Waals surface area contributed by atoms with Crippen molar-refractivity contribution in [2.24, 2.45) is 0 Å². The number of allylic oxidation sites excluding steroid dienone is 1. The van der Waals surface area contributed by atoms with Gasteiger partial charge in [0.2, 0.25) is 0 Å². The Bertz CT molecular complexity index is 185. The lowest BCUT2D eigenvalue weighted by Gasteiger charge is -1.94. The van der Waals surface area contributed by atoms with E-state index < -0.39 is 11.0 Å². The first kappa shape index (κ1) is 9.46. The number of hydrogen-bond donors (Lipinski definition) is 0. The number of carbonyl (C=O) groups is 2. The lowest BCUT2D eigenvalue weighted by atomic mass is 10.5. The summed E-state index contributed by atoms with van der Waals surface area (Å²) in [6.07, 6.45) is 0.265. The first-order valence-corrected chi connectivity index (χ1v) is 2.97. The predicted molar refractivity (Wildman–Crippen MR) is 36.8 cm³/mol. The summed E-state index contributed by atoms with van der Waals surface area (Å²) >= 11 is 10.4. The third-order valence-electron chi connectivity index (χ3n) is 0.678. The lowest BCUT2D eigenvalue weighted by Crippen LogP contribution is -2.01. The fourth-order valence-corrected chi connectivity index (χ4v) is 0.438. The highest BCUT2D eigenvalue weighted by molar-refractivity contribution is 6.51. The highest BCUT2D eigenvalue weighted by atomic mass is 35.5. The molecule has 0 N–H and O–H groups in total. The Balaban J connectivity index is 4.45. The molecule has 0 aliphatic heterocycles. The van der Waals surface area contributed by atoms with Crippen molar-refractivity contribution in [3.8, 4) is 0 Å². The Morgan fingerprint density at radius 3 is 2.30 bits per heavy atom. The summed E-state index contributed by atoms with van der Waals surface area (Å²) in [5, 5.41) is -0.757. The fraction of sp³-hybridized carbons (Fsp3) is 0.200. The molecule has 0 spiro atoms. The van der Waals surface area contributed by atoms with Crippen LogP contribution in [0.2, 0.25) is 0 Å². The van der Waals surface area contributed by atoms with Crippen molar-refractivity contribution in [1.82, 2.24) is 0 Å². The molecule has 0 saturated heterocycles. The van der Waals surface area contributed by atoms with E-state index in [-0.39, 0.29) is 11.3 Å². The van der Waals surface area contributed by atoms with Crippen LogP contribution >= 0.6 is 23.2 Å². The molecule has 0 amide bonds. The fourth-order valence-electron chi connectivity index (χ4n) is 0.239. The minimum Gasteiger partial charge on any atom is -0.465 e.